The highest BCUT2D eigenvalue weighted by atomic mass is 16.2. The van der Waals surface area contributed by atoms with Crippen LogP contribution < -0.4 is 5.56 Å². The van der Waals surface area contributed by atoms with E-state index in [1.165, 1.54) is 4.52 Å². The topological polar surface area (TPSA) is 90.8 Å². The third-order valence-corrected chi connectivity index (χ3v) is 6.23. The van der Waals surface area contributed by atoms with Crippen molar-refractivity contribution in [2.45, 2.75) is 66.0 Å². The maximum Gasteiger partial charge on any atom is 0.277 e. The molecule has 0 unspecified atom stereocenters. The maximum absolute atomic E-state index is 13.2. The second-order valence-electron chi connectivity index (χ2n) is 9.11. The van der Waals surface area contributed by atoms with E-state index in [1.807, 2.05) is 38.7 Å². The summed E-state index contributed by atoms with van der Waals surface area (Å²) in [5.41, 5.74) is 2.64. The highest BCUT2D eigenvalue weighted by Gasteiger charge is 2.32. The van der Waals surface area contributed by atoms with Crippen LogP contribution in [-0.4, -0.2) is 49.3 Å². The number of carbonyl (C=O) groups is 2. The number of H-pyrrole nitrogens is 1. The van der Waals surface area contributed by atoms with Gasteiger partial charge in [-0.2, -0.15) is 0 Å². The molecule has 2 aliphatic rings. The minimum absolute atomic E-state index is 0.0577. The standard InChI is InChI=1S/C22H31N5O3/c1-13(2)20(28)25-10-8-16-15(12-25)22(30)27-19(23-16)11-17(24-27)18-7-5-6-9-26(18)21(29)14(3)4/h11,13-14,18,24H,5-10,12H2,1-4H3/t18-/m1/s1. The van der Waals surface area contributed by atoms with Crippen molar-refractivity contribution in [3.8, 4) is 0 Å². The number of carbonyl (C=O) groups excluding carboxylic acids is 2. The Morgan fingerprint density at radius 3 is 2.53 bits per heavy atom. The first-order chi connectivity index (χ1) is 14.3. The third kappa shape index (κ3) is 3.52. The van der Waals surface area contributed by atoms with E-state index in [2.05, 4.69) is 5.10 Å². The summed E-state index contributed by atoms with van der Waals surface area (Å²) in [6.45, 7) is 9.21. The van der Waals surface area contributed by atoms with E-state index >= 15 is 0 Å². The van der Waals surface area contributed by atoms with Crippen LogP contribution >= 0.6 is 0 Å². The summed E-state index contributed by atoms with van der Waals surface area (Å²) >= 11 is 0. The average molecular weight is 414 g/mol. The molecule has 1 atom stereocenters. The lowest BCUT2D eigenvalue weighted by atomic mass is 9.97. The summed E-state index contributed by atoms with van der Waals surface area (Å²) in [4.78, 5) is 46.7. The Labute approximate surface area is 176 Å². The van der Waals surface area contributed by atoms with Gasteiger partial charge in [0.1, 0.15) is 0 Å². The molecule has 4 heterocycles. The molecule has 162 valence electrons. The Hall–Kier alpha value is -2.64. The maximum atomic E-state index is 13.2. The van der Waals surface area contributed by atoms with Gasteiger partial charge in [0.05, 0.1) is 29.5 Å². The highest BCUT2D eigenvalue weighted by molar-refractivity contribution is 5.79. The van der Waals surface area contributed by atoms with Gasteiger partial charge in [-0.15, -0.1) is 0 Å². The fraction of sp³-hybridized carbons (Fsp3) is 0.636. The monoisotopic (exact) mass is 413 g/mol. The van der Waals surface area contributed by atoms with Crippen LogP contribution in [0.3, 0.4) is 0 Å². The van der Waals surface area contributed by atoms with Gasteiger partial charge in [-0.05, 0) is 19.3 Å². The molecule has 4 rings (SSSR count). The Kier molecular flexibility index (Phi) is 5.42. The second kappa shape index (κ2) is 7.89. The minimum Gasteiger partial charge on any atom is -0.337 e. The van der Waals surface area contributed by atoms with Crippen LogP contribution in [0.4, 0.5) is 0 Å². The predicted molar refractivity (Wildman–Crippen MR) is 113 cm³/mol. The normalized spacial score (nSPS) is 19.6. The number of fused-ring (bicyclic) bond motifs is 2. The number of aromatic amines is 1. The van der Waals surface area contributed by atoms with Crippen molar-refractivity contribution in [2.24, 2.45) is 11.8 Å². The Bertz CT molecular complexity index is 1040. The number of nitrogens with one attached hydrogen (secondary N) is 1. The molecule has 0 radical (unpaired) electrons. The van der Waals surface area contributed by atoms with E-state index in [1.54, 1.807) is 4.90 Å². The van der Waals surface area contributed by atoms with E-state index in [-0.39, 0.29) is 35.3 Å². The lowest BCUT2D eigenvalue weighted by Gasteiger charge is -2.36. The molecular weight excluding hydrogens is 382 g/mol. The first kappa shape index (κ1) is 20.6. The van der Waals surface area contributed by atoms with Crippen molar-refractivity contribution in [3.63, 3.8) is 0 Å². The molecule has 0 aromatic carbocycles. The molecule has 2 aromatic heterocycles. The van der Waals surface area contributed by atoms with Crippen LogP contribution in [0.5, 0.6) is 0 Å². The van der Waals surface area contributed by atoms with Gasteiger partial charge in [-0.25, -0.2) is 9.50 Å². The van der Waals surface area contributed by atoms with E-state index in [4.69, 9.17) is 4.98 Å². The van der Waals surface area contributed by atoms with E-state index in [0.717, 1.165) is 37.2 Å². The molecule has 2 aromatic rings. The SMILES string of the molecule is CC(C)C(=O)N1CCc2nc3cc([C@H]4CCCCN4C(=O)C(C)C)[nH]n3c(=O)c2C1. The third-order valence-electron chi connectivity index (χ3n) is 6.23. The van der Waals surface area contributed by atoms with Gasteiger partial charge < -0.3 is 9.80 Å². The van der Waals surface area contributed by atoms with Gasteiger partial charge in [0, 0.05) is 37.4 Å². The van der Waals surface area contributed by atoms with Crippen molar-refractivity contribution < 1.29 is 9.59 Å². The van der Waals surface area contributed by atoms with Crippen LogP contribution in [-0.2, 0) is 22.6 Å². The fourth-order valence-electron chi connectivity index (χ4n) is 4.57. The van der Waals surface area contributed by atoms with Gasteiger partial charge in [0.25, 0.3) is 5.56 Å². The zero-order valence-electron chi connectivity index (χ0n) is 18.3. The molecule has 1 N–H and O–H groups in total. The van der Waals surface area contributed by atoms with Crippen molar-refractivity contribution in [3.05, 3.63) is 33.4 Å². The van der Waals surface area contributed by atoms with Crippen LogP contribution in [0.1, 0.15) is 70.0 Å². The highest BCUT2D eigenvalue weighted by Crippen LogP contribution is 2.31. The van der Waals surface area contributed by atoms with Crippen molar-refractivity contribution >= 4 is 17.5 Å². The summed E-state index contributed by atoms with van der Waals surface area (Å²) in [5.74, 6) is 0.0367. The molecule has 0 bridgehead atoms. The number of aromatic nitrogens is 3. The largest absolute Gasteiger partial charge is 0.337 e. The van der Waals surface area contributed by atoms with Gasteiger partial charge in [0.2, 0.25) is 11.8 Å². The van der Waals surface area contributed by atoms with E-state index in [0.29, 0.717) is 30.7 Å². The summed E-state index contributed by atoms with van der Waals surface area (Å²) in [6, 6.07) is 1.84. The summed E-state index contributed by atoms with van der Waals surface area (Å²) < 4.78 is 1.48. The quantitative estimate of drug-likeness (QED) is 0.836. The fourth-order valence-corrected chi connectivity index (χ4v) is 4.57. The number of nitrogens with zero attached hydrogens (tertiary/aromatic N) is 4. The summed E-state index contributed by atoms with van der Waals surface area (Å²) in [5, 5.41) is 3.22. The van der Waals surface area contributed by atoms with Gasteiger partial charge in [0.15, 0.2) is 5.65 Å². The smallest absolute Gasteiger partial charge is 0.277 e. The number of piperidine rings is 1. The molecule has 30 heavy (non-hydrogen) atoms. The lowest BCUT2D eigenvalue weighted by Crippen LogP contribution is -2.42. The van der Waals surface area contributed by atoms with Crippen molar-refractivity contribution in [1.29, 1.82) is 0 Å². The Morgan fingerprint density at radius 1 is 1.10 bits per heavy atom. The number of hydrogen-bond acceptors (Lipinski definition) is 4. The van der Waals surface area contributed by atoms with E-state index < -0.39 is 0 Å². The van der Waals surface area contributed by atoms with Gasteiger partial charge in [-0.3, -0.25) is 19.5 Å². The molecule has 0 aliphatic carbocycles. The number of rotatable bonds is 3. The Morgan fingerprint density at radius 2 is 1.83 bits per heavy atom. The zero-order valence-corrected chi connectivity index (χ0v) is 18.3. The van der Waals surface area contributed by atoms with Gasteiger partial charge >= 0.3 is 0 Å². The molecule has 8 heteroatoms. The first-order valence-corrected chi connectivity index (χ1v) is 11.0. The predicted octanol–water partition coefficient (Wildman–Crippen LogP) is 2.27. The first-order valence-electron chi connectivity index (χ1n) is 11.0. The summed E-state index contributed by atoms with van der Waals surface area (Å²) in [6.07, 6.45) is 3.51. The summed E-state index contributed by atoms with van der Waals surface area (Å²) in [7, 11) is 0. The molecule has 1 saturated heterocycles. The van der Waals surface area contributed by atoms with Crippen LogP contribution in [0.2, 0.25) is 0 Å². The van der Waals surface area contributed by atoms with Crippen LogP contribution in [0, 0.1) is 11.8 Å². The molecule has 8 nitrogen and oxygen atoms in total. The van der Waals surface area contributed by atoms with Gasteiger partial charge in [-0.1, -0.05) is 27.7 Å². The average Bonchev–Trinajstić information content (AvgIpc) is 3.16. The Balaban J connectivity index is 1.70. The molecule has 2 amide bonds. The van der Waals surface area contributed by atoms with Crippen molar-refractivity contribution in [1.82, 2.24) is 24.4 Å². The zero-order chi connectivity index (χ0) is 21.6. The molecule has 0 spiro atoms. The van der Waals surface area contributed by atoms with Crippen LogP contribution in [0.15, 0.2) is 10.9 Å². The molecule has 2 aliphatic heterocycles. The van der Waals surface area contributed by atoms with Crippen molar-refractivity contribution in [2.75, 3.05) is 13.1 Å². The molecular formula is C22H31N5O3. The minimum atomic E-state index is -0.153. The lowest BCUT2D eigenvalue weighted by molar-refractivity contribution is -0.138. The van der Waals surface area contributed by atoms with Crippen LogP contribution in [0.25, 0.3) is 5.65 Å². The number of amides is 2. The number of hydrogen-bond donors (Lipinski definition) is 1. The molecule has 0 saturated carbocycles. The van der Waals surface area contributed by atoms with E-state index in [9.17, 15) is 14.4 Å². The molecule has 1 fully saturated rings. The number of likely N-dealkylation sites (tertiary alicyclic amines) is 1. The second-order valence-corrected chi connectivity index (χ2v) is 9.11.